The summed E-state index contributed by atoms with van der Waals surface area (Å²) in [6.45, 7) is 1.17. The Balaban J connectivity index is 1.59. The summed E-state index contributed by atoms with van der Waals surface area (Å²) in [6.07, 6.45) is -5.30. The topological polar surface area (TPSA) is 91.1 Å². The predicted octanol–water partition coefficient (Wildman–Crippen LogP) is 4.53. The number of carbonyl (C=O) groups is 1. The molecule has 1 unspecified atom stereocenters. The van der Waals surface area contributed by atoms with Crippen LogP contribution in [0, 0.1) is 11.8 Å². The molecule has 224 valence electrons. The molecule has 3 N–H and O–H groups in total. The second kappa shape index (κ2) is 13.3. The highest BCUT2D eigenvalue weighted by Gasteiger charge is 2.30. The van der Waals surface area contributed by atoms with Crippen LogP contribution in [0.4, 0.5) is 28.9 Å². The second-order valence-corrected chi connectivity index (χ2v) is 10.2. The van der Waals surface area contributed by atoms with E-state index in [4.69, 9.17) is 9.84 Å². The molecule has 3 aromatic rings. The van der Waals surface area contributed by atoms with Crippen molar-refractivity contribution in [2.75, 3.05) is 45.7 Å². The van der Waals surface area contributed by atoms with Crippen molar-refractivity contribution < 1.29 is 32.2 Å². The molecule has 4 rings (SSSR count). The molecule has 0 saturated carbocycles. The Morgan fingerprint density at radius 2 is 2.05 bits per heavy atom. The first-order chi connectivity index (χ1) is 20.0. The van der Waals surface area contributed by atoms with Crippen molar-refractivity contribution in [2.45, 2.75) is 38.3 Å². The van der Waals surface area contributed by atoms with Crippen LogP contribution in [0.1, 0.15) is 29.4 Å². The Bertz CT molecular complexity index is 1520. The summed E-state index contributed by atoms with van der Waals surface area (Å²) >= 11 is 0. The molecule has 0 bridgehead atoms. The van der Waals surface area contributed by atoms with E-state index in [-0.39, 0.29) is 31.3 Å². The van der Waals surface area contributed by atoms with Crippen molar-refractivity contribution in [3.05, 3.63) is 53.7 Å². The number of ether oxygens (including phenoxy) is 1. The van der Waals surface area contributed by atoms with Crippen LogP contribution in [0.25, 0.3) is 10.9 Å². The largest absolute Gasteiger partial charge is 0.495 e. The average molecular weight is 588 g/mol. The van der Waals surface area contributed by atoms with Gasteiger partial charge in [0.15, 0.2) is 6.17 Å². The summed E-state index contributed by atoms with van der Waals surface area (Å²) in [5.74, 6) is 5.69. The van der Waals surface area contributed by atoms with E-state index >= 15 is 0 Å². The fraction of sp³-hybridized carbons (Fsp3) is 0.400. The van der Waals surface area contributed by atoms with Crippen molar-refractivity contribution in [3.63, 3.8) is 0 Å². The summed E-state index contributed by atoms with van der Waals surface area (Å²) in [4.78, 5) is 18.7. The SMILES string of the molecule is COc1cc(C(=O)NC(C)CO)ccc1NCC#Cc1cc2c(N=C3CCN(C)C[C@@H]3F)cccc2n1CC(F)(F)F. The number of amides is 1. The number of hydrogen-bond donors (Lipinski definition) is 3. The quantitative estimate of drug-likeness (QED) is 0.266. The molecular weight excluding hydrogens is 554 g/mol. The van der Waals surface area contributed by atoms with Crippen LogP contribution in [-0.2, 0) is 6.54 Å². The normalized spacial score (nSPS) is 17.5. The molecule has 0 spiro atoms. The number of carbonyl (C=O) groups excluding carboxylic acids is 1. The van der Waals surface area contributed by atoms with Gasteiger partial charge in [-0.1, -0.05) is 12.0 Å². The van der Waals surface area contributed by atoms with Crippen LogP contribution in [-0.4, -0.2) is 85.0 Å². The number of benzene rings is 2. The monoisotopic (exact) mass is 587 g/mol. The number of likely N-dealkylation sites (tertiary alicyclic amines) is 1. The zero-order valence-electron chi connectivity index (χ0n) is 23.6. The molecule has 2 aromatic carbocycles. The Morgan fingerprint density at radius 3 is 2.74 bits per heavy atom. The van der Waals surface area contributed by atoms with Gasteiger partial charge >= 0.3 is 6.18 Å². The van der Waals surface area contributed by atoms with E-state index in [9.17, 15) is 22.4 Å². The molecule has 42 heavy (non-hydrogen) atoms. The number of rotatable bonds is 8. The summed E-state index contributed by atoms with van der Waals surface area (Å²) in [5, 5.41) is 15.3. The van der Waals surface area contributed by atoms with E-state index in [0.717, 1.165) is 4.57 Å². The van der Waals surface area contributed by atoms with E-state index in [2.05, 4.69) is 27.5 Å². The van der Waals surface area contributed by atoms with Crippen molar-refractivity contribution in [2.24, 2.45) is 4.99 Å². The first-order valence-corrected chi connectivity index (χ1v) is 13.4. The molecule has 8 nitrogen and oxygen atoms in total. The average Bonchev–Trinajstić information content (AvgIpc) is 3.28. The fourth-order valence-corrected chi connectivity index (χ4v) is 4.64. The Hall–Kier alpha value is -4.08. The van der Waals surface area contributed by atoms with Crippen LogP contribution >= 0.6 is 0 Å². The lowest BCUT2D eigenvalue weighted by atomic mass is 10.1. The van der Waals surface area contributed by atoms with E-state index in [1.165, 1.54) is 13.2 Å². The zero-order valence-corrected chi connectivity index (χ0v) is 23.6. The van der Waals surface area contributed by atoms with Crippen molar-refractivity contribution in [1.82, 2.24) is 14.8 Å². The molecule has 1 aliphatic heterocycles. The van der Waals surface area contributed by atoms with Gasteiger partial charge in [0.05, 0.1) is 48.6 Å². The lowest BCUT2D eigenvalue weighted by molar-refractivity contribution is -0.140. The first-order valence-electron chi connectivity index (χ1n) is 13.4. The predicted molar refractivity (Wildman–Crippen MR) is 154 cm³/mol. The molecule has 0 radical (unpaired) electrons. The minimum atomic E-state index is -4.49. The number of aromatic nitrogens is 1. The lowest BCUT2D eigenvalue weighted by Crippen LogP contribution is -2.39. The molecule has 1 amide bonds. The van der Waals surface area contributed by atoms with Crippen LogP contribution < -0.4 is 15.4 Å². The van der Waals surface area contributed by atoms with Gasteiger partial charge in [0.25, 0.3) is 5.91 Å². The van der Waals surface area contributed by atoms with Gasteiger partial charge in [0.1, 0.15) is 12.3 Å². The molecule has 1 fully saturated rings. The molecule has 2 atom stereocenters. The molecule has 2 heterocycles. The number of aliphatic hydroxyl groups is 1. The number of piperidine rings is 1. The van der Waals surface area contributed by atoms with Crippen molar-refractivity contribution in [3.8, 4) is 17.6 Å². The first kappa shape index (κ1) is 30.9. The number of hydrogen-bond acceptors (Lipinski definition) is 6. The van der Waals surface area contributed by atoms with Gasteiger partial charge in [-0.25, -0.2) is 4.39 Å². The van der Waals surface area contributed by atoms with Gasteiger partial charge in [-0.2, -0.15) is 13.2 Å². The van der Waals surface area contributed by atoms with Gasteiger partial charge in [0.2, 0.25) is 0 Å². The van der Waals surface area contributed by atoms with Gasteiger partial charge in [-0.05, 0) is 56.3 Å². The van der Waals surface area contributed by atoms with Gasteiger partial charge < -0.3 is 29.9 Å². The fourth-order valence-electron chi connectivity index (χ4n) is 4.64. The molecular formula is C30H33F4N5O3. The lowest BCUT2D eigenvalue weighted by Gasteiger charge is -2.26. The second-order valence-electron chi connectivity index (χ2n) is 10.2. The maximum absolute atomic E-state index is 14.6. The Labute approximate surface area is 241 Å². The highest BCUT2D eigenvalue weighted by Crippen LogP contribution is 2.32. The molecule has 1 saturated heterocycles. The number of nitrogens with zero attached hydrogens (tertiary/aromatic N) is 3. The number of anilines is 1. The number of halogens is 4. The third kappa shape index (κ3) is 7.60. The molecule has 1 aliphatic rings. The number of methoxy groups -OCH3 is 1. The van der Waals surface area contributed by atoms with Gasteiger partial charge in [0, 0.05) is 36.5 Å². The molecule has 1 aromatic heterocycles. The van der Waals surface area contributed by atoms with E-state index in [1.807, 2.05) is 11.9 Å². The summed E-state index contributed by atoms with van der Waals surface area (Å²) in [7, 11) is 3.27. The third-order valence-corrected chi connectivity index (χ3v) is 6.81. The number of fused-ring (bicyclic) bond motifs is 1. The Morgan fingerprint density at radius 1 is 1.26 bits per heavy atom. The smallest absolute Gasteiger partial charge is 0.406 e. The van der Waals surface area contributed by atoms with Crippen LogP contribution in [0.15, 0.2) is 47.5 Å². The minimum absolute atomic E-state index is 0.0726. The standard InChI is InChI=1S/C30H33F4N5O3/c1-19(17-40)36-29(41)20-9-10-26(28(14-20)42-3)35-12-5-6-21-15-22-24(37-25-11-13-38(2)16-23(25)31)7-4-8-27(22)39(21)18-30(32,33)34/h4,7-10,14-15,19,23,35,40H,11-13,16-18H2,1-3H3,(H,36,41)/t19?,23-/m0/s1. The van der Waals surface area contributed by atoms with Crippen molar-refractivity contribution in [1.29, 1.82) is 0 Å². The maximum atomic E-state index is 14.6. The van der Waals surface area contributed by atoms with Crippen molar-refractivity contribution >= 4 is 33.9 Å². The van der Waals surface area contributed by atoms with Crippen LogP contribution in [0.5, 0.6) is 5.75 Å². The third-order valence-electron chi connectivity index (χ3n) is 6.81. The minimum Gasteiger partial charge on any atom is -0.495 e. The number of nitrogens with one attached hydrogen (secondary N) is 2. The van der Waals surface area contributed by atoms with E-state index < -0.39 is 24.9 Å². The van der Waals surface area contributed by atoms with Gasteiger partial charge in [-0.15, -0.1) is 0 Å². The van der Waals surface area contributed by atoms with E-state index in [0.29, 0.717) is 52.3 Å². The summed E-state index contributed by atoms with van der Waals surface area (Å²) in [5.41, 5.74) is 2.10. The van der Waals surface area contributed by atoms with Crippen LogP contribution in [0.2, 0.25) is 0 Å². The zero-order chi connectivity index (χ0) is 30.4. The van der Waals surface area contributed by atoms with E-state index in [1.54, 1.807) is 43.3 Å². The number of aliphatic imine (C=N–C) groups is 1. The number of alkyl halides is 4. The Kier molecular flexibility index (Phi) is 9.75. The highest BCUT2D eigenvalue weighted by atomic mass is 19.4. The van der Waals surface area contributed by atoms with Crippen LogP contribution in [0.3, 0.4) is 0 Å². The highest BCUT2D eigenvalue weighted by molar-refractivity contribution is 5.98. The molecule has 0 aliphatic carbocycles. The van der Waals surface area contributed by atoms with Gasteiger partial charge in [-0.3, -0.25) is 9.79 Å². The summed E-state index contributed by atoms with van der Waals surface area (Å²) in [6, 6.07) is 10.7. The number of aliphatic hydroxyl groups excluding tert-OH is 1. The summed E-state index contributed by atoms with van der Waals surface area (Å²) < 4.78 is 61.7. The maximum Gasteiger partial charge on any atom is 0.406 e. The molecule has 12 heteroatoms.